The van der Waals surface area contributed by atoms with Crippen molar-refractivity contribution in [2.24, 2.45) is 7.05 Å². The average Bonchev–Trinajstić information content (AvgIpc) is 2.80. The number of ether oxygens (including phenoxy) is 1. The summed E-state index contributed by atoms with van der Waals surface area (Å²) in [6, 6.07) is 3.63. The van der Waals surface area contributed by atoms with Crippen LogP contribution in [0, 0.1) is 0 Å². The molecule has 2 aromatic rings. The van der Waals surface area contributed by atoms with Crippen molar-refractivity contribution in [1.82, 2.24) is 14.8 Å². The Labute approximate surface area is 135 Å². The molecule has 0 aliphatic carbocycles. The number of nitrogens with one attached hydrogen (secondary N) is 1. The fourth-order valence-corrected chi connectivity index (χ4v) is 2.31. The molecule has 0 aliphatic heterocycles. The number of aryl methyl sites for hydroxylation is 1. The minimum absolute atomic E-state index is 0.0286. The molecule has 2 rings (SSSR count). The smallest absolute Gasteiger partial charge is 0.213 e. The lowest BCUT2D eigenvalue weighted by Gasteiger charge is -2.09. The van der Waals surface area contributed by atoms with Gasteiger partial charge in [-0.05, 0) is 12.0 Å². The second kappa shape index (κ2) is 7.47. The summed E-state index contributed by atoms with van der Waals surface area (Å²) in [7, 11) is 1.84. The Morgan fingerprint density at radius 2 is 2.18 bits per heavy atom. The van der Waals surface area contributed by atoms with Gasteiger partial charge in [0.15, 0.2) is 0 Å². The highest BCUT2D eigenvalue weighted by Crippen LogP contribution is 2.26. The summed E-state index contributed by atoms with van der Waals surface area (Å²) in [4.78, 5) is 4.16. The molecule has 0 spiro atoms. The molecule has 120 valence electrons. The first-order valence-corrected chi connectivity index (χ1v) is 7.55. The van der Waals surface area contributed by atoms with Gasteiger partial charge in [-0.3, -0.25) is 4.68 Å². The Morgan fingerprint density at radius 1 is 1.41 bits per heavy atom. The molecular formula is C15H21ClN4O2. The third kappa shape index (κ3) is 3.90. The van der Waals surface area contributed by atoms with Gasteiger partial charge >= 0.3 is 0 Å². The number of rotatable bonds is 7. The zero-order chi connectivity index (χ0) is 16.1. The molecule has 22 heavy (non-hydrogen) atoms. The number of hydrogen-bond donors (Lipinski definition) is 2. The summed E-state index contributed by atoms with van der Waals surface area (Å²) in [6.45, 7) is 4.98. The van der Waals surface area contributed by atoms with Crippen molar-refractivity contribution in [3.05, 3.63) is 34.7 Å². The Kier molecular flexibility index (Phi) is 5.63. The van der Waals surface area contributed by atoms with Gasteiger partial charge in [0.25, 0.3) is 0 Å². The van der Waals surface area contributed by atoms with Gasteiger partial charge in [-0.2, -0.15) is 5.10 Å². The number of pyridine rings is 1. The molecule has 2 heterocycles. The van der Waals surface area contributed by atoms with Crippen LogP contribution in [0.4, 0.5) is 5.69 Å². The van der Waals surface area contributed by atoms with Crippen LogP contribution < -0.4 is 10.1 Å². The maximum absolute atomic E-state index is 8.71. The van der Waals surface area contributed by atoms with E-state index in [0.717, 1.165) is 16.9 Å². The van der Waals surface area contributed by atoms with E-state index in [1.807, 2.05) is 13.1 Å². The third-order valence-corrected chi connectivity index (χ3v) is 3.67. The van der Waals surface area contributed by atoms with Crippen LogP contribution >= 0.6 is 11.6 Å². The van der Waals surface area contributed by atoms with E-state index in [-0.39, 0.29) is 13.2 Å². The second-order valence-corrected chi connectivity index (χ2v) is 5.60. The molecule has 6 nitrogen and oxygen atoms in total. The Balaban J connectivity index is 2.04. The summed E-state index contributed by atoms with van der Waals surface area (Å²) >= 11 is 6.31. The molecule has 0 aromatic carbocycles. The molecule has 0 unspecified atom stereocenters. The van der Waals surface area contributed by atoms with Crippen molar-refractivity contribution in [2.45, 2.75) is 26.3 Å². The van der Waals surface area contributed by atoms with Crippen LogP contribution in [0.2, 0.25) is 5.15 Å². The van der Waals surface area contributed by atoms with E-state index in [4.69, 9.17) is 21.4 Å². The van der Waals surface area contributed by atoms with Crippen LogP contribution in [0.3, 0.4) is 0 Å². The number of nitrogens with zero attached hydrogens (tertiary/aromatic N) is 3. The number of anilines is 1. The first kappa shape index (κ1) is 16.6. The predicted molar refractivity (Wildman–Crippen MR) is 86.5 cm³/mol. The van der Waals surface area contributed by atoms with E-state index < -0.39 is 0 Å². The number of halogens is 1. The minimum Gasteiger partial charge on any atom is -0.475 e. The molecule has 0 radical (unpaired) electrons. The van der Waals surface area contributed by atoms with Gasteiger partial charge in [-0.1, -0.05) is 25.4 Å². The van der Waals surface area contributed by atoms with E-state index in [1.54, 1.807) is 16.9 Å². The van der Waals surface area contributed by atoms with Crippen LogP contribution in [-0.4, -0.2) is 33.1 Å². The van der Waals surface area contributed by atoms with Crippen molar-refractivity contribution < 1.29 is 9.84 Å². The number of hydrogen-bond acceptors (Lipinski definition) is 5. The summed E-state index contributed by atoms with van der Waals surface area (Å²) in [5.41, 5.74) is 2.86. The highest BCUT2D eigenvalue weighted by molar-refractivity contribution is 6.30. The molecule has 0 fully saturated rings. The zero-order valence-electron chi connectivity index (χ0n) is 13.0. The van der Waals surface area contributed by atoms with Gasteiger partial charge in [0.1, 0.15) is 11.8 Å². The van der Waals surface area contributed by atoms with Gasteiger partial charge in [0.05, 0.1) is 24.2 Å². The molecule has 7 heteroatoms. The van der Waals surface area contributed by atoms with Gasteiger partial charge in [-0.15, -0.1) is 0 Å². The maximum Gasteiger partial charge on any atom is 0.213 e. The molecule has 0 saturated heterocycles. The lowest BCUT2D eigenvalue weighted by molar-refractivity contribution is 0.196. The van der Waals surface area contributed by atoms with Crippen LogP contribution in [0.15, 0.2) is 18.3 Å². The molecule has 2 N–H and O–H groups in total. The number of aromatic nitrogens is 3. The Bertz CT molecular complexity index is 611. The first-order chi connectivity index (χ1) is 10.5. The monoisotopic (exact) mass is 324 g/mol. The lowest BCUT2D eigenvalue weighted by atomic mass is 10.1. The predicted octanol–water partition coefficient (Wildman–Crippen LogP) is 2.58. The normalized spacial score (nSPS) is 11.0. The quantitative estimate of drug-likeness (QED) is 0.819. The average molecular weight is 325 g/mol. The summed E-state index contributed by atoms with van der Waals surface area (Å²) < 4.78 is 6.92. The number of aliphatic hydroxyl groups excluding tert-OH is 1. The topological polar surface area (TPSA) is 72.2 Å². The standard InChI is InChI=1S/C15H21ClN4O2/c1-10(2)14-12(15(16)20(3)19-14)9-17-11-4-5-13(18-8-11)22-7-6-21/h4-5,8,10,17,21H,6-7,9H2,1-3H3. The van der Waals surface area contributed by atoms with Crippen molar-refractivity contribution in [1.29, 1.82) is 0 Å². The molecular weight excluding hydrogens is 304 g/mol. The second-order valence-electron chi connectivity index (χ2n) is 5.24. The van der Waals surface area contributed by atoms with Crippen molar-refractivity contribution in [3.63, 3.8) is 0 Å². The van der Waals surface area contributed by atoms with Crippen LogP contribution in [0.5, 0.6) is 5.88 Å². The summed E-state index contributed by atoms with van der Waals surface area (Å²) in [5.74, 6) is 0.796. The number of aliphatic hydroxyl groups is 1. The van der Waals surface area contributed by atoms with Gasteiger partial charge in [-0.25, -0.2) is 4.98 Å². The van der Waals surface area contributed by atoms with Crippen molar-refractivity contribution in [3.8, 4) is 5.88 Å². The van der Waals surface area contributed by atoms with Crippen LogP contribution in [0.25, 0.3) is 0 Å². The molecule has 2 aromatic heterocycles. The SMILES string of the molecule is CC(C)c1nn(C)c(Cl)c1CNc1ccc(OCCO)nc1. The zero-order valence-corrected chi connectivity index (χ0v) is 13.8. The maximum atomic E-state index is 8.71. The van der Waals surface area contributed by atoms with E-state index >= 15 is 0 Å². The van der Waals surface area contributed by atoms with E-state index in [0.29, 0.717) is 23.5 Å². The van der Waals surface area contributed by atoms with Crippen LogP contribution in [-0.2, 0) is 13.6 Å². The Morgan fingerprint density at radius 3 is 2.77 bits per heavy atom. The molecule has 0 amide bonds. The fraction of sp³-hybridized carbons (Fsp3) is 0.467. The molecule has 0 atom stereocenters. The molecule has 0 saturated carbocycles. The van der Waals surface area contributed by atoms with Crippen molar-refractivity contribution in [2.75, 3.05) is 18.5 Å². The van der Waals surface area contributed by atoms with Crippen LogP contribution in [0.1, 0.15) is 31.0 Å². The highest BCUT2D eigenvalue weighted by atomic mass is 35.5. The van der Waals surface area contributed by atoms with Crippen molar-refractivity contribution >= 4 is 17.3 Å². The molecule has 0 aliphatic rings. The van der Waals surface area contributed by atoms with E-state index in [1.165, 1.54) is 0 Å². The minimum atomic E-state index is -0.0286. The summed E-state index contributed by atoms with van der Waals surface area (Å²) in [6.07, 6.45) is 1.69. The summed E-state index contributed by atoms with van der Waals surface area (Å²) in [5, 5.41) is 17.1. The fourth-order valence-electron chi connectivity index (χ4n) is 2.11. The first-order valence-electron chi connectivity index (χ1n) is 7.17. The van der Waals surface area contributed by atoms with Gasteiger partial charge in [0, 0.05) is 25.2 Å². The largest absolute Gasteiger partial charge is 0.475 e. The lowest BCUT2D eigenvalue weighted by Crippen LogP contribution is -2.05. The highest BCUT2D eigenvalue weighted by Gasteiger charge is 2.16. The van der Waals surface area contributed by atoms with Gasteiger partial charge < -0.3 is 15.2 Å². The van der Waals surface area contributed by atoms with Gasteiger partial charge in [0.2, 0.25) is 5.88 Å². The molecule has 0 bridgehead atoms. The van der Waals surface area contributed by atoms with E-state index in [9.17, 15) is 0 Å². The Hall–Kier alpha value is -1.79. The van der Waals surface area contributed by atoms with E-state index in [2.05, 4.69) is 29.2 Å². The third-order valence-electron chi connectivity index (χ3n) is 3.19.